The number of hydrogen-bond acceptors (Lipinski definition) is 3. The standard InChI is InChI=1S/C16H29N3O/c17-13-5-3-12(4-6-13)10-16(20)18-14-7-9-19-8-1-2-15(19)11-14/h12-15H,1-11,17H2,(H,18,20). The van der Waals surface area contributed by atoms with Crippen LogP contribution < -0.4 is 11.1 Å². The van der Waals surface area contributed by atoms with E-state index in [0.29, 0.717) is 18.0 Å². The second-order valence-corrected chi connectivity index (χ2v) is 7.11. The maximum Gasteiger partial charge on any atom is 0.220 e. The third kappa shape index (κ3) is 3.53. The summed E-state index contributed by atoms with van der Waals surface area (Å²) in [6.07, 6.45) is 10.2. The molecule has 1 aliphatic carbocycles. The lowest BCUT2D eigenvalue weighted by molar-refractivity contribution is -0.123. The monoisotopic (exact) mass is 279 g/mol. The van der Waals surface area contributed by atoms with E-state index in [0.717, 1.165) is 44.6 Å². The number of piperidine rings is 1. The second-order valence-electron chi connectivity index (χ2n) is 7.11. The smallest absolute Gasteiger partial charge is 0.220 e. The molecule has 20 heavy (non-hydrogen) atoms. The van der Waals surface area contributed by atoms with Crippen molar-refractivity contribution in [1.82, 2.24) is 10.2 Å². The Bertz CT molecular complexity index is 339. The van der Waals surface area contributed by atoms with Crippen LogP contribution in [0.15, 0.2) is 0 Å². The fraction of sp³-hybridized carbons (Fsp3) is 0.938. The minimum atomic E-state index is 0.280. The summed E-state index contributed by atoms with van der Waals surface area (Å²) in [5, 5.41) is 3.29. The summed E-state index contributed by atoms with van der Waals surface area (Å²) in [6.45, 7) is 2.45. The number of fused-ring (bicyclic) bond motifs is 1. The number of hydrogen-bond donors (Lipinski definition) is 2. The van der Waals surface area contributed by atoms with Crippen molar-refractivity contribution in [2.75, 3.05) is 13.1 Å². The average Bonchev–Trinajstić information content (AvgIpc) is 2.89. The summed E-state index contributed by atoms with van der Waals surface area (Å²) in [5.74, 6) is 0.850. The first kappa shape index (κ1) is 14.3. The first-order valence-corrected chi connectivity index (χ1v) is 8.49. The fourth-order valence-corrected chi connectivity index (χ4v) is 4.30. The average molecular weight is 279 g/mol. The number of nitrogens with one attached hydrogen (secondary N) is 1. The molecule has 2 heterocycles. The molecule has 0 spiro atoms. The van der Waals surface area contributed by atoms with E-state index in [-0.39, 0.29) is 5.91 Å². The summed E-state index contributed by atoms with van der Waals surface area (Å²) in [5.41, 5.74) is 5.92. The van der Waals surface area contributed by atoms with E-state index in [9.17, 15) is 4.79 Å². The minimum absolute atomic E-state index is 0.280. The molecule has 1 saturated carbocycles. The van der Waals surface area contributed by atoms with Gasteiger partial charge in [-0.05, 0) is 63.8 Å². The van der Waals surface area contributed by atoms with Crippen LogP contribution in [0.25, 0.3) is 0 Å². The van der Waals surface area contributed by atoms with Crippen LogP contribution in [0, 0.1) is 5.92 Å². The van der Waals surface area contributed by atoms with E-state index in [1.165, 1.54) is 32.4 Å². The molecule has 1 amide bonds. The zero-order valence-corrected chi connectivity index (χ0v) is 12.5. The van der Waals surface area contributed by atoms with E-state index >= 15 is 0 Å². The van der Waals surface area contributed by atoms with Crippen LogP contribution in [-0.4, -0.2) is 42.0 Å². The molecule has 0 radical (unpaired) electrons. The van der Waals surface area contributed by atoms with Gasteiger partial charge in [0.05, 0.1) is 0 Å². The molecular formula is C16H29N3O. The Kier molecular flexibility index (Phi) is 4.61. The van der Waals surface area contributed by atoms with Crippen LogP contribution in [0.1, 0.15) is 57.8 Å². The van der Waals surface area contributed by atoms with E-state index in [1.54, 1.807) is 0 Å². The van der Waals surface area contributed by atoms with Crippen molar-refractivity contribution in [3.05, 3.63) is 0 Å². The molecule has 3 fully saturated rings. The van der Waals surface area contributed by atoms with Crippen LogP contribution in [-0.2, 0) is 4.79 Å². The van der Waals surface area contributed by atoms with Crippen molar-refractivity contribution in [2.45, 2.75) is 75.9 Å². The number of rotatable bonds is 3. The Morgan fingerprint density at radius 3 is 2.70 bits per heavy atom. The Morgan fingerprint density at radius 2 is 1.90 bits per heavy atom. The minimum Gasteiger partial charge on any atom is -0.353 e. The summed E-state index contributed by atoms with van der Waals surface area (Å²) >= 11 is 0. The molecule has 4 heteroatoms. The summed E-state index contributed by atoms with van der Waals surface area (Å²) in [4.78, 5) is 14.8. The zero-order chi connectivity index (χ0) is 13.9. The summed E-state index contributed by atoms with van der Waals surface area (Å²) < 4.78 is 0. The molecular weight excluding hydrogens is 250 g/mol. The molecule has 2 atom stereocenters. The van der Waals surface area contributed by atoms with Gasteiger partial charge in [0.25, 0.3) is 0 Å². The SMILES string of the molecule is NC1CCC(CC(=O)NC2CCN3CCCC3C2)CC1. The molecule has 0 bridgehead atoms. The first-order chi connectivity index (χ1) is 9.70. The highest BCUT2D eigenvalue weighted by molar-refractivity contribution is 5.76. The van der Waals surface area contributed by atoms with Crippen LogP contribution >= 0.6 is 0 Å². The highest BCUT2D eigenvalue weighted by Crippen LogP contribution is 2.28. The molecule has 3 aliphatic rings. The largest absolute Gasteiger partial charge is 0.353 e. The Hall–Kier alpha value is -0.610. The van der Waals surface area contributed by atoms with Crippen molar-refractivity contribution in [2.24, 2.45) is 11.7 Å². The van der Waals surface area contributed by atoms with Gasteiger partial charge in [0, 0.05) is 31.1 Å². The normalized spacial score (nSPS) is 38.5. The maximum atomic E-state index is 12.2. The van der Waals surface area contributed by atoms with Crippen molar-refractivity contribution in [3.8, 4) is 0 Å². The van der Waals surface area contributed by atoms with E-state index in [2.05, 4.69) is 10.2 Å². The highest BCUT2D eigenvalue weighted by atomic mass is 16.1. The number of nitrogens with zero attached hydrogens (tertiary/aromatic N) is 1. The maximum absolute atomic E-state index is 12.2. The van der Waals surface area contributed by atoms with Gasteiger partial charge in [-0.25, -0.2) is 0 Å². The quantitative estimate of drug-likeness (QED) is 0.825. The van der Waals surface area contributed by atoms with Gasteiger partial charge in [0.15, 0.2) is 0 Å². The van der Waals surface area contributed by atoms with Crippen LogP contribution in [0.5, 0.6) is 0 Å². The molecule has 0 aromatic carbocycles. The van der Waals surface area contributed by atoms with Crippen molar-refractivity contribution in [1.29, 1.82) is 0 Å². The van der Waals surface area contributed by atoms with E-state index in [4.69, 9.17) is 5.73 Å². The summed E-state index contributed by atoms with van der Waals surface area (Å²) in [7, 11) is 0. The Balaban J connectivity index is 1.40. The lowest BCUT2D eigenvalue weighted by Crippen LogP contribution is -2.47. The van der Waals surface area contributed by atoms with Gasteiger partial charge >= 0.3 is 0 Å². The molecule has 3 N–H and O–H groups in total. The number of carbonyl (C=O) groups is 1. The van der Waals surface area contributed by atoms with Crippen molar-refractivity contribution >= 4 is 5.91 Å². The third-order valence-corrected chi connectivity index (χ3v) is 5.55. The summed E-state index contributed by atoms with van der Waals surface area (Å²) in [6, 6.07) is 1.54. The van der Waals surface area contributed by atoms with Crippen LogP contribution in [0.3, 0.4) is 0 Å². The lowest BCUT2D eigenvalue weighted by atomic mass is 9.84. The van der Waals surface area contributed by atoms with Gasteiger partial charge < -0.3 is 16.0 Å². The van der Waals surface area contributed by atoms with E-state index < -0.39 is 0 Å². The fourth-order valence-electron chi connectivity index (χ4n) is 4.30. The third-order valence-electron chi connectivity index (χ3n) is 5.55. The molecule has 2 saturated heterocycles. The molecule has 3 rings (SSSR count). The van der Waals surface area contributed by atoms with Gasteiger partial charge in [-0.1, -0.05) is 0 Å². The van der Waals surface area contributed by atoms with Gasteiger partial charge in [-0.3, -0.25) is 4.79 Å². The second kappa shape index (κ2) is 6.44. The van der Waals surface area contributed by atoms with Gasteiger partial charge in [-0.2, -0.15) is 0 Å². The van der Waals surface area contributed by atoms with Gasteiger partial charge in [0.2, 0.25) is 5.91 Å². The zero-order valence-electron chi connectivity index (χ0n) is 12.5. The van der Waals surface area contributed by atoms with Crippen molar-refractivity contribution in [3.63, 3.8) is 0 Å². The lowest BCUT2D eigenvalue weighted by Gasteiger charge is -2.35. The molecule has 2 aliphatic heterocycles. The topological polar surface area (TPSA) is 58.4 Å². The van der Waals surface area contributed by atoms with Gasteiger partial charge in [0.1, 0.15) is 0 Å². The van der Waals surface area contributed by atoms with Crippen LogP contribution in [0.4, 0.5) is 0 Å². The predicted octanol–water partition coefficient (Wildman–Crippen LogP) is 1.64. The molecule has 114 valence electrons. The number of amides is 1. The molecule has 0 aromatic rings. The highest BCUT2D eigenvalue weighted by Gasteiger charge is 2.32. The molecule has 0 aromatic heterocycles. The molecule has 4 nitrogen and oxygen atoms in total. The number of nitrogens with two attached hydrogens (primary N) is 1. The van der Waals surface area contributed by atoms with E-state index in [1.807, 2.05) is 0 Å². The Morgan fingerprint density at radius 1 is 1.10 bits per heavy atom. The molecule has 2 unspecified atom stereocenters. The van der Waals surface area contributed by atoms with Crippen molar-refractivity contribution < 1.29 is 4.79 Å². The number of carbonyl (C=O) groups excluding carboxylic acids is 1. The Labute approximate surface area is 122 Å². The predicted molar refractivity (Wildman–Crippen MR) is 80.3 cm³/mol. The first-order valence-electron chi connectivity index (χ1n) is 8.49. The van der Waals surface area contributed by atoms with Crippen LogP contribution in [0.2, 0.25) is 0 Å². The van der Waals surface area contributed by atoms with Gasteiger partial charge in [-0.15, -0.1) is 0 Å².